The predicted molar refractivity (Wildman–Crippen MR) is 74.3 cm³/mol. The van der Waals surface area contributed by atoms with E-state index in [4.69, 9.17) is 4.74 Å². The molecule has 2 fully saturated rings. The molecule has 0 bridgehead atoms. The first-order chi connectivity index (χ1) is 9.72. The summed E-state index contributed by atoms with van der Waals surface area (Å²) in [5.74, 6) is 1.06. The zero-order valence-electron chi connectivity index (χ0n) is 11.9. The topological polar surface area (TPSA) is 55.3 Å². The number of piperidine rings is 1. The van der Waals surface area contributed by atoms with Crippen LogP contribution in [0.4, 0.5) is 0 Å². The van der Waals surface area contributed by atoms with Gasteiger partial charge in [-0.15, -0.1) is 0 Å². The molecule has 0 spiro atoms. The lowest BCUT2D eigenvalue weighted by atomic mass is 9.98. The predicted octanol–water partition coefficient (Wildman–Crippen LogP) is 1.81. The maximum absolute atomic E-state index is 12.1. The van der Waals surface area contributed by atoms with Crippen LogP contribution in [-0.2, 0) is 4.79 Å². The number of hydrogen-bond acceptors (Lipinski definition) is 4. The number of rotatable bonds is 4. The van der Waals surface area contributed by atoms with Crippen molar-refractivity contribution in [2.75, 3.05) is 19.7 Å². The zero-order valence-corrected chi connectivity index (χ0v) is 11.9. The lowest BCUT2D eigenvalue weighted by Gasteiger charge is -2.32. The number of hydrogen-bond donors (Lipinski definition) is 0. The van der Waals surface area contributed by atoms with Crippen molar-refractivity contribution < 1.29 is 9.53 Å². The summed E-state index contributed by atoms with van der Waals surface area (Å²) >= 11 is 0. The molecular weight excluding hydrogens is 254 g/mol. The largest absolute Gasteiger partial charge is 0.463 e. The highest BCUT2D eigenvalue weighted by atomic mass is 16.5. The molecule has 0 N–H and O–H groups in total. The Morgan fingerprint density at radius 1 is 1.35 bits per heavy atom. The summed E-state index contributed by atoms with van der Waals surface area (Å²) in [5.41, 5.74) is 1.02. The first-order valence-corrected chi connectivity index (χ1v) is 7.42. The number of likely N-dealkylation sites (tertiary alicyclic amines) is 1. The first kappa shape index (κ1) is 13.3. The van der Waals surface area contributed by atoms with Crippen LogP contribution in [0, 0.1) is 18.8 Å². The van der Waals surface area contributed by atoms with Crippen molar-refractivity contribution >= 4 is 5.91 Å². The van der Waals surface area contributed by atoms with Crippen LogP contribution in [-0.4, -0.2) is 40.5 Å². The summed E-state index contributed by atoms with van der Waals surface area (Å²) in [6, 6.07) is 0.432. The number of aryl methyl sites for hydroxylation is 1. The number of carbonyl (C=O) groups excluding carboxylic acids is 1. The average Bonchev–Trinajstić information content (AvgIpc) is 3.31. The van der Waals surface area contributed by atoms with Crippen molar-refractivity contribution in [1.29, 1.82) is 0 Å². The lowest BCUT2D eigenvalue weighted by Crippen LogP contribution is -2.42. The minimum Gasteiger partial charge on any atom is -0.463 e. The molecule has 1 saturated heterocycles. The van der Waals surface area contributed by atoms with E-state index >= 15 is 0 Å². The summed E-state index contributed by atoms with van der Waals surface area (Å²) in [5, 5.41) is 0. The minimum absolute atomic E-state index is 0.315. The second kappa shape index (κ2) is 5.77. The molecule has 0 aromatic carbocycles. The minimum atomic E-state index is 0.315. The normalized spacial score (nSPS) is 22.6. The zero-order chi connectivity index (χ0) is 13.9. The van der Waals surface area contributed by atoms with E-state index in [-0.39, 0.29) is 0 Å². The van der Waals surface area contributed by atoms with E-state index in [2.05, 4.69) is 9.97 Å². The molecule has 3 rings (SSSR count). The van der Waals surface area contributed by atoms with Crippen LogP contribution in [0.3, 0.4) is 0 Å². The maximum Gasteiger partial charge on any atom is 0.316 e. The Morgan fingerprint density at radius 3 is 2.80 bits per heavy atom. The van der Waals surface area contributed by atoms with E-state index in [1.165, 1.54) is 0 Å². The Hall–Kier alpha value is -1.65. The Kier molecular flexibility index (Phi) is 3.85. The highest BCUT2D eigenvalue weighted by Crippen LogP contribution is 2.32. The van der Waals surface area contributed by atoms with Crippen LogP contribution in [0.15, 0.2) is 12.4 Å². The fourth-order valence-corrected chi connectivity index (χ4v) is 2.64. The van der Waals surface area contributed by atoms with Crippen molar-refractivity contribution in [2.24, 2.45) is 11.8 Å². The number of nitrogens with zero attached hydrogens (tertiary/aromatic N) is 3. The van der Waals surface area contributed by atoms with Gasteiger partial charge in [0.15, 0.2) is 0 Å². The van der Waals surface area contributed by atoms with Crippen LogP contribution in [0.25, 0.3) is 0 Å². The quantitative estimate of drug-likeness (QED) is 0.841. The third kappa shape index (κ3) is 3.26. The molecule has 5 nitrogen and oxygen atoms in total. The van der Waals surface area contributed by atoms with E-state index in [1.54, 1.807) is 12.4 Å². The Balaban J connectivity index is 1.49. The van der Waals surface area contributed by atoms with Gasteiger partial charge in [-0.25, -0.2) is 9.97 Å². The number of aromatic nitrogens is 2. The Morgan fingerprint density at radius 2 is 2.10 bits per heavy atom. The SMILES string of the molecule is Cc1cnc(OCC2CCCN(C(=O)C3CC3)C2)nc1. The number of ether oxygens (including phenoxy) is 1. The molecule has 0 radical (unpaired) electrons. The van der Waals surface area contributed by atoms with E-state index in [0.29, 0.717) is 30.4 Å². The molecule has 1 aromatic heterocycles. The van der Waals surface area contributed by atoms with Crippen LogP contribution in [0.5, 0.6) is 6.01 Å². The Bertz CT molecular complexity index is 471. The van der Waals surface area contributed by atoms with Gasteiger partial charge in [0.25, 0.3) is 0 Å². The molecular formula is C15H21N3O2. The summed E-state index contributed by atoms with van der Waals surface area (Å²) < 4.78 is 5.64. The summed E-state index contributed by atoms with van der Waals surface area (Å²) in [6.45, 7) is 4.28. The fraction of sp³-hybridized carbons (Fsp3) is 0.667. The van der Waals surface area contributed by atoms with Gasteiger partial charge in [-0.1, -0.05) is 0 Å². The third-order valence-electron chi connectivity index (χ3n) is 3.96. The maximum atomic E-state index is 12.1. The van der Waals surface area contributed by atoms with Gasteiger partial charge in [-0.05, 0) is 38.2 Å². The van der Waals surface area contributed by atoms with Gasteiger partial charge in [0.2, 0.25) is 5.91 Å². The molecule has 5 heteroatoms. The molecule has 1 atom stereocenters. The smallest absolute Gasteiger partial charge is 0.316 e. The standard InChI is InChI=1S/C15H21N3O2/c1-11-7-16-15(17-8-11)20-10-12-3-2-6-18(9-12)14(19)13-4-5-13/h7-8,12-13H,2-6,9-10H2,1H3. The molecule has 1 aliphatic heterocycles. The van der Waals surface area contributed by atoms with Crippen LogP contribution in [0.2, 0.25) is 0 Å². The van der Waals surface area contributed by atoms with Crippen molar-refractivity contribution in [3.05, 3.63) is 18.0 Å². The summed E-state index contributed by atoms with van der Waals surface area (Å²) in [4.78, 5) is 22.4. The second-order valence-corrected chi connectivity index (χ2v) is 5.92. The molecule has 1 saturated carbocycles. The van der Waals surface area contributed by atoms with Crippen molar-refractivity contribution in [2.45, 2.75) is 32.6 Å². The number of carbonyl (C=O) groups is 1. The monoisotopic (exact) mass is 275 g/mol. The van der Waals surface area contributed by atoms with Gasteiger partial charge >= 0.3 is 6.01 Å². The van der Waals surface area contributed by atoms with E-state index in [1.807, 2.05) is 11.8 Å². The summed E-state index contributed by atoms with van der Waals surface area (Å²) in [7, 11) is 0. The van der Waals surface area contributed by atoms with Gasteiger partial charge in [0, 0.05) is 37.3 Å². The van der Waals surface area contributed by atoms with Gasteiger partial charge in [0.1, 0.15) is 0 Å². The molecule has 1 aromatic rings. The second-order valence-electron chi connectivity index (χ2n) is 5.92. The van der Waals surface area contributed by atoms with E-state index < -0.39 is 0 Å². The van der Waals surface area contributed by atoms with E-state index in [0.717, 1.165) is 44.3 Å². The number of amides is 1. The molecule has 2 heterocycles. The molecule has 1 unspecified atom stereocenters. The summed E-state index contributed by atoms with van der Waals surface area (Å²) in [6.07, 6.45) is 7.85. The van der Waals surface area contributed by atoms with Crippen molar-refractivity contribution in [3.63, 3.8) is 0 Å². The molecule has 1 aliphatic carbocycles. The van der Waals surface area contributed by atoms with Gasteiger partial charge in [-0.2, -0.15) is 0 Å². The third-order valence-corrected chi connectivity index (χ3v) is 3.96. The first-order valence-electron chi connectivity index (χ1n) is 7.42. The van der Waals surface area contributed by atoms with Crippen LogP contribution >= 0.6 is 0 Å². The Labute approximate surface area is 119 Å². The molecule has 20 heavy (non-hydrogen) atoms. The highest BCUT2D eigenvalue weighted by molar-refractivity contribution is 5.81. The molecule has 2 aliphatic rings. The van der Waals surface area contributed by atoms with Crippen LogP contribution < -0.4 is 4.74 Å². The average molecular weight is 275 g/mol. The van der Waals surface area contributed by atoms with Crippen molar-refractivity contribution in [1.82, 2.24) is 14.9 Å². The van der Waals surface area contributed by atoms with Crippen molar-refractivity contribution in [3.8, 4) is 6.01 Å². The van der Waals surface area contributed by atoms with E-state index in [9.17, 15) is 4.79 Å². The van der Waals surface area contributed by atoms with Gasteiger partial charge < -0.3 is 9.64 Å². The highest BCUT2D eigenvalue weighted by Gasteiger charge is 2.35. The van der Waals surface area contributed by atoms with Crippen LogP contribution in [0.1, 0.15) is 31.2 Å². The lowest BCUT2D eigenvalue weighted by molar-refractivity contribution is -0.134. The van der Waals surface area contributed by atoms with Gasteiger partial charge in [-0.3, -0.25) is 4.79 Å². The fourth-order valence-electron chi connectivity index (χ4n) is 2.64. The van der Waals surface area contributed by atoms with Gasteiger partial charge in [0.05, 0.1) is 6.61 Å². The molecule has 108 valence electrons. The molecule has 1 amide bonds.